The molecular formula is C28H31N9O2. The largest absolute Gasteiger partial charge is 0.497 e. The molecule has 11 nitrogen and oxygen atoms in total. The predicted octanol–water partition coefficient (Wildman–Crippen LogP) is 1.97. The molecule has 1 aliphatic carbocycles. The van der Waals surface area contributed by atoms with Gasteiger partial charge in [0.2, 0.25) is 0 Å². The fourth-order valence-corrected chi connectivity index (χ4v) is 5.16. The van der Waals surface area contributed by atoms with E-state index >= 15 is 0 Å². The lowest BCUT2D eigenvalue weighted by Crippen LogP contribution is -2.48. The molecular weight excluding hydrogens is 494 g/mol. The lowest BCUT2D eigenvalue weighted by atomic mass is 9.90. The minimum atomic E-state index is -0.263. The van der Waals surface area contributed by atoms with Gasteiger partial charge in [-0.25, -0.2) is 19.6 Å². The highest BCUT2D eigenvalue weighted by atomic mass is 16.5. The summed E-state index contributed by atoms with van der Waals surface area (Å²) in [6, 6.07) is 12.0. The number of nitrogens with two attached hydrogens (primary N) is 1. The minimum absolute atomic E-state index is 0.142. The highest BCUT2D eigenvalue weighted by Gasteiger charge is 2.22. The molecule has 6 rings (SSSR count). The summed E-state index contributed by atoms with van der Waals surface area (Å²) in [7, 11) is 1.67. The Morgan fingerprint density at radius 2 is 1.92 bits per heavy atom. The van der Waals surface area contributed by atoms with Crippen molar-refractivity contribution in [2.45, 2.75) is 12.8 Å². The molecule has 0 saturated carbocycles. The van der Waals surface area contributed by atoms with Gasteiger partial charge < -0.3 is 20.7 Å². The number of carbonyl (C=O) groups excluding carboxylic acids is 1. The number of rotatable bonds is 7. The summed E-state index contributed by atoms with van der Waals surface area (Å²) in [5.41, 5.74) is 10.6. The first-order chi connectivity index (χ1) is 19.1. The van der Waals surface area contributed by atoms with Crippen LogP contribution >= 0.6 is 0 Å². The number of fused-ring (bicyclic) bond motifs is 3. The Kier molecular flexibility index (Phi) is 6.80. The third-order valence-corrected chi connectivity index (χ3v) is 7.33. The predicted molar refractivity (Wildman–Crippen MR) is 148 cm³/mol. The van der Waals surface area contributed by atoms with Gasteiger partial charge >= 0.3 is 0 Å². The monoisotopic (exact) mass is 525 g/mol. The van der Waals surface area contributed by atoms with Crippen LogP contribution in [0.5, 0.6) is 5.75 Å². The van der Waals surface area contributed by atoms with Crippen LogP contribution in [-0.2, 0) is 12.8 Å². The van der Waals surface area contributed by atoms with E-state index in [9.17, 15) is 4.79 Å². The van der Waals surface area contributed by atoms with Gasteiger partial charge in [-0.3, -0.25) is 9.69 Å². The van der Waals surface area contributed by atoms with Crippen molar-refractivity contribution in [3.63, 3.8) is 0 Å². The van der Waals surface area contributed by atoms with Gasteiger partial charge in [0.05, 0.1) is 12.8 Å². The van der Waals surface area contributed by atoms with E-state index < -0.39 is 0 Å². The van der Waals surface area contributed by atoms with Gasteiger partial charge in [0, 0.05) is 63.4 Å². The number of nitrogens with zero attached hydrogens (tertiary/aromatic N) is 7. The highest BCUT2D eigenvalue weighted by molar-refractivity contribution is 5.98. The fourth-order valence-electron chi connectivity index (χ4n) is 5.16. The Hall–Kier alpha value is -4.51. The molecule has 0 atom stereocenters. The maximum absolute atomic E-state index is 12.9. The molecule has 4 heterocycles. The second-order valence-electron chi connectivity index (χ2n) is 9.71. The zero-order valence-electron chi connectivity index (χ0n) is 21.9. The number of aromatic nitrogens is 5. The lowest BCUT2D eigenvalue weighted by Gasteiger charge is -2.35. The van der Waals surface area contributed by atoms with Gasteiger partial charge in [-0.05, 0) is 54.3 Å². The van der Waals surface area contributed by atoms with Crippen LogP contribution in [0.1, 0.15) is 21.5 Å². The summed E-state index contributed by atoms with van der Waals surface area (Å²) in [5.74, 6) is 2.08. The Balaban J connectivity index is 1.08. The summed E-state index contributed by atoms with van der Waals surface area (Å²) in [4.78, 5) is 31.2. The number of ether oxygens (including phenoxy) is 1. The van der Waals surface area contributed by atoms with E-state index in [1.54, 1.807) is 13.3 Å². The number of piperazine rings is 1. The van der Waals surface area contributed by atoms with Crippen molar-refractivity contribution in [3.05, 3.63) is 71.7 Å². The molecule has 1 aliphatic heterocycles. The minimum Gasteiger partial charge on any atom is -0.497 e. The van der Waals surface area contributed by atoms with Crippen molar-refractivity contribution in [3.8, 4) is 23.0 Å². The number of hydrogen-bond donors (Lipinski definition) is 2. The average molecular weight is 526 g/mol. The molecule has 0 spiro atoms. The molecule has 1 saturated heterocycles. The molecule has 11 heteroatoms. The van der Waals surface area contributed by atoms with E-state index in [4.69, 9.17) is 15.5 Å². The van der Waals surface area contributed by atoms with Gasteiger partial charge in [-0.2, -0.15) is 0 Å². The number of anilines is 2. The zero-order valence-corrected chi connectivity index (χ0v) is 21.9. The van der Waals surface area contributed by atoms with Gasteiger partial charge in [0.1, 0.15) is 17.1 Å². The third kappa shape index (κ3) is 5.13. The summed E-state index contributed by atoms with van der Waals surface area (Å²) < 4.78 is 6.85. The SMILES string of the molecule is COc1ccc2c(c1)CCc1cnc(-n3cc(C(=O)NCCN4CCN(c5ccccn5)CC4)c(N)n3)nc1-2. The van der Waals surface area contributed by atoms with Gasteiger partial charge in [0.15, 0.2) is 5.82 Å². The fraction of sp³-hybridized carbons (Fsp3) is 0.321. The smallest absolute Gasteiger partial charge is 0.256 e. The summed E-state index contributed by atoms with van der Waals surface area (Å²) in [6.45, 7) is 4.92. The number of pyridine rings is 1. The van der Waals surface area contributed by atoms with Crippen molar-refractivity contribution in [1.82, 2.24) is 34.9 Å². The number of carbonyl (C=O) groups is 1. The van der Waals surface area contributed by atoms with Gasteiger partial charge in [0.25, 0.3) is 11.9 Å². The van der Waals surface area contributed by atoms with Crippen molar-refractivity contribution in [2.24, 2.45) is 0 Å². The molecule has 3 N–H and O–H groups in total. The summed E-state index contributed by atoms with van der Waals surface area (Å²) in [5, 5.41) is 7.31. The number of methoxy groups -OCH3 is 1. The molecule has 1 aromatic carbocycles. The Labute approximate surface area is 226 Å². The first-order valence-corrected chi connectivity index (χ1v) is 13.1. The average Bonchev–Trinajstić information content (AvgIpc) is 3.38. The van der Waals surface area contributed by atoms with Crippen molar-refractivity contribution in [1.29, 1.82) is 0 Å². The second-order valence-corrected chi connectivity index (χ2v) is 9.71. The number of amides is 1. The first kappa shape index (κ1) is 24.8. The number of benzene rings is 1. The van der Waals surface area contributed by atoms with E-state index in [1.165, 1.54) is 10.2 Å². The Morgan fingerprint density at radius 3 is 2.72 bits per heavy atom. The highest BCUT2D eigenvalue weighted by Crippen LogP contribution is 2.34. The number of nitrogens with one attached hydrogen (secondary N) is 1. The Bertz CT molecular complexity index is 1480. The molecule has 4 aromatic rings. The zero-order chi connectivity index (χ0) is 26.8. The molecule has 3 aromatic heterocycles. The van der Waals surface area contributed by atoms with Gasteiger partial charge in [-0.15, -0.1) is 5.10 Å². The van der Waals surface area contributed by atoms with E-state index in [-0.39, 0.29) is 11.7 Å². The molecule has 0 radical (unpaired) electrons. The van der Waals surface area contributed by atoms with E-state index in [0.29, 0.717) is 18.1 Å². The van der Waals surface area contributed by atoms with Crippen LogP contribution in [-0.4, -0.2) is 81.9 Å². The maximum atomic E-state index is 12.9. The van der Waals surface area contributed by atoms with Crippen molar-refractivity contribution in [2.75, 3.05) is 57.0 Å². The standard InChI is InChI=1S/C28H31N9O2/c1-39-21-7-8-22-19(16-21)5-6-20-17-32-28(33-25(20)22)37-18-23(26(29)34-37)27(38)31-10-11-35-12-14-36(15-13-35)24-4-2-3-9-30-24/h2-4,7-9,16-18H,5-6,10-15H2,1H3,(H2,29,34)(H,31,38). The van der Waals surface area contributed by atoms with Crippen molar-refractivity contribution >= 4 is 17.5 Å². The Morgan fingerprint density at radius 1 is 1.08 bits per heavy atom. The first-order valence-electron chi connectivity index (χ1n) is 13.1. The normalized spacial score (nSPS) is 14.9. The molecule has 2 aliphatic rings. The second kappa shape index (κ2) is 10.7. The summed E-state index contributed by atoms with van der Waals surface area (Å²) >= 11 is 0. The van der Waals surface area contributed by atoms with Crippen LogP contribution in [0.4, 0.5) is 11.6 Å². The third-order valence-electron chi connectivity index (χ3n) is 7.33. The van der Waals surface area contributed by atoms with Crippen LogP contribution in [0.3, 0.4) is 0 Å². The van der Waals surface area contributed by atoms with Crippen LogP contribution in [0.15, 0.2) is 55.0 Å². The van der Waals surface area contributed by atoms with Crippen LogP contribution in [0.25, 0.3) is 17.2 Å². The van der Waals surface area contributed by atoms with E-state index in [0.717, 1.165) is 74.0 Å². The molecule has 200 valence electrons. The number of nitrogen functional groups attached to an aromatic ring is 1. The topological polar surface area (TPSA) is 127 Å². The number of hydrogen-bond acceptors (Lipinski definition) is 9. The van der Waals surface area contributed by atoms with Gasteiger partial charge in [-0.1, -0.05) is 6.07 Å². The maximum Gasteiger partial charge on any atom is 0.256 e. The van der Waals surface area contributed by atoms with Crippen LogP contribution < -0.4 is 20.7 Å². The van der Waals surface area contributed by atoms with Crippen LogP contribution in [0, 0.1) is 0 Å². The van der Waals surface area contributed by atoms with E-state index in [1.807, 2.05) is 42.7 Å². The molecule has 1 fully saturated rings. The quantitative estimate of drug-likeness (QED) is 0.372. The summed E-state index contributed by atoms with van der Waals surface area (Å²) in [6.07, 6.45) is 7.00. The molecule has 1 amide bonds. The van der Waals surface area contributed by atoms with Crippen molar-refractivity contribution < 1.29 is 9.53 Å². The molecule has 39 heavy (non-hydrogen) atoms. The lowest BCUT2D eigenvalue weighted by molar-refractivity contribution is 0.0948. The molecule has 0 bridgehead atoms. The molecule has 0 unspecified atom stereocenters. The van der Waals surface area contributed by atoms with E-state index in [2.05, 4.69) is 36.2 Å². The van der Waals surface area contributed by atoms with Crippen LogP contribution in [0.2, 0.25) is 0 Å². The number of aryl methyl sites for hydroxylation is 2.